The molecule has 1 aliphatic carbocycles. The Balaban J connectivity index is 2.75. The maximum atomic E-state index is 10.6. The molecule has 4 heteroatoms. The van der Waals surface area contributed by atoms with Gasteiger partial charge in [-0.05, 0) is 19.8 Å². The third-order valence-corrected chi connectivity index (χ3v) is 2.51. The summed E-state index contributed by atoms with van der Waals surface area (Å²) in [7, 11) is 0. The van der Waals surface area contributed by atoms with E-state index < -0.39 is 23.3 Å². The van der Waals surface area contributed by atoms with Gasteiger partial charge < -0.3 is 10.2 Å². The summed E-state index contributed by atoms with van der Waals surface area (Å²) in [5.41, 5.74) is -1.02. The van der Waals surface area contributed by atoms with Crippen molar-refractivity contribution in [3.63, 3.8) is 0 Å². The van der Waals surface area contributed by atoms with E-state index in [0.717, 1.165) is 0 Å². The molecule has 0 radical (unpaired) electrons. The van der Waals surface area contributed by atoms with Crippen LogP contribution in [-0.2, 0) is 9.59 Å². The van der Waals surface area contributed by atoms with Crippen molar-refractivity contribution >= 4 is 11.9 Å². The van der Waals surface area contributed by atoms with Crippen LogP contribution in [0.25, 0.3) is 0 Å². The average molecular weight is 158 g/mol. The Labute approximate surface area is 63.8 Å². The van der Waals surface area contributed by atoms with Crippen LogP contribution in [0.15, 0.2) is 0 Å². The molecule has 0 aromatic heterocycles. The summed E-state index contributed by atoms with van der Waals surface area (Å²) in [5.74, 6) is -2.70. The predicted octanol–water partition coefficient (Wildman–Crippen LogP) is 0.572. The molecule has 0 amide bonds. The van der Waals surface area contributed by atoms with E-state index in [1.807, 2.05) is 0 Å². The Morgan fingerprint density at radius 2 is 2.00 bits per heavy atom. The molecule has 11 heavy (non-hydrogen) atoms. The Morgan fingerprint density at radius 1 is 1.45 bits per heavy atom. The first-order valence-electron chi connectivity index (χ1n) is 3.44. The van der Waals surface area contributed by atoms with E-state index in [1.54, 1.807) is 0 Å². The average Bonchev–Trinajstić information content (AvgIpc) is 1.82. The zero-order valence-corrected chi connectivity index (χ0v) is 6.20. The summed E-state index contributed by atoms with van der Waals surface area (Å²) in [6.45, 7) is 1.48. The number of aliphatic carboxylic acids is 2. The third-order valence-electron chi connectivity index (χ3n) is 2.51. The molecule has 0 bridgehead atoms. The molecule has 2 atom stereocenters. The number of carbonyl (C=O) groups is 2. The van der Waals surface area contributed by atoms with Gasteiger partial charge in [0.15, 0.2) is 0 Å². The second-order valence-electron chi connectivity index (χ2n) is 3.15. The molecule has 0 spiro atoms. The molecule has 0 aliphatic heterocycles. The normalized spacial score (nSPS) is 35.9. The maximum Gasteiger partial charge on any atom is 0.310 e. The highest BCUT2D eigenvalue weighted by Gasteiger charge is 2.52. The van der Waals surface area contributed by atoms with Gasteiger partial charge in [-0.1, -0.05) is 0 Å². The smallest absolute Gasteiger partial charge is 0.310 e. The van der Waals surface area contributed by atoms with E-state index in [0.29, 0.717) is 12.8 Å². The highest BCUT2D eigenvalue weighted by molar-refractivity contribution is 5.85. The van der Waals surface area contributed by atoms with Crippen molar-refractivity contribution in [2.45, 2.75) is 19.8 Å². The first kappa shape index (κ1) is 8.04. The lowest BCUT2D eigenvalue weighted by molar-refractivity contribution is -0.171. The van der Waals surface area contributed by atoms with E-state index in [4.69, 9.17) is 10.2 Å². The highest BCUT2D eigenvalue weighted by atomic mass is 16.4. The van der Waals surface area contributed by atoms with Crippen LogP contribution in [0.3, 0.4) is 0 Å². The van der Waals surface area contributed by atoms with E-state index in [2.05, 4.69) is 0 Å². The van der Waals surface area contributed by atoms with Crippen molar-refractivity contribution in [3.8, 4) is 0 Å². The molecule has 1 fully saturated rings. The van der Waals surface area contributed by atoms with Gasteiger partial charge in [-0.2, -0.15) is 0 Å². The SMILES string of the molecule is CC1(C(=O)O)CCC1C(=O)O. The van der Waals surface area contributed by atoms with Gasteiger partial charge in [0, 0.05) is 0 Å². The van der Waals surface area contributed by atoms with Crippen LogP contribution in [0, 0.1) is 11.3 Å². The van der Waals surface area contributed by atoms with Crippen LogP contribution in [-0.4, -0.2) is 22.2 Å². The van der Waals surface area contributed by atoms with Gasteiger partial charge in [-0.15, -0.1) is 0 Å². The van der Waals surface area contributed by atoms with Gasteiger partial charge in [-0.3, -0.25) is 9.59 Å². The van der Waals surface area contributed by atoms with Gasteiger partial charge in [0.2, 0.25) is 0 Å². The highest BCUT2D eigenvalue weighted by Crippen LogP contribution is 2.46. The minimum atomic E-state index is -1.02. The molecule has 4 nitrogen and oxygen atoms in total. The van der Waals surface area contributed by atoms with Crippen molar-refractivity contribution in [1.82, 2.24) is 0 Å². The lowest BCUT2D eigenvalue weighted by Gasteiger charge is -2.40. The number of carboxylic acids is 2. The first-order chi connectivity index (χ1) is 4.98. The second kappa shape index (κ2) is 2.22. The molecular weight excluding hydrogens is 148 g/mol. The van der Waals surface area contributed by atoms with Crippen molar-refractivity contribution < 1.29 is 19.8 Å². The Bertz CT molecular complexity index is 210. The predicted molar refractivity (Wildman–Crippen MR) is 36.1 cm³/mol. The number of hydrogen-bond donors (Lipinski definition) is 2. The molecule has 0 heterocycles. The molecule has 1 rings (SSSR count). The summed E-state index contributed by atoms with van der Waals surface area (Å²) in [6.07, 6.45) is 0.956. The van der Waals surface area contributed by atoms with Crippen molar-refractivity contribution in [2.75, 3.05) is 0 Å². The van der Waals surface area contributed by atoms with E-state index in [-0.39, 0.29) is 0 Å². The Morgan fingerprint density at radius 3 is 2.09 bits per heavy atom. The van der Waals surface area contributed by atoms with Gasteiger partial charge in [0.25, 0.3) is 0 Å². The quantitative estimate of drug-likeness (QED) is 0.616. The third kappa shape index (κ3) is 0.982. The van der Waals surface area contributed by atoms with Crippen LogP contribution in [0.5, 0.6) is 0 Å². The van der Waals surface area contributed by atoms with E-state index in [9.17, 15) is 9.59 Å². The molecule has 0 saturated heterocycles. The molecule has 0 aromatic carbocycles. The molecule has 1 saturated carbocycles. The topological polar surface area (TPSA) is 74.6 Å². The maximum absolute atomic E-state index is 10.6. The molecule has 2 unspecified atom stereocenters. The Hall–Kier alpha value is -1.06. The first-order valence-corrected chi connectivity index (χ1v) is 3.44. The van der Waals surface area contributed by atoms with Gasteiger partial charge in [-0.25, -0.2) is 0 Å². The minimum absolute atomic E-state index is 0.472. The van der Waals surface area contributed by atoms with Gasteiger partial charge in [0.1, 0.15) is 0 Å². The van der Waals surface area contributed by atoms with Gasteiger partial charge in [0.05, 0.1) is 11.3 Å². The van der Waals surface area contributed by atoms with Crippen LogP contribution in [0.4, 0.5) is 0 Å². The lowest BCUT2D eigenvalue weighted by Crippen LogP contribution is -2.48. The van der Waals surface area contributed by atoms with Crippen molar-refractivity contribution in [1.29, 1.82) is 0 Å². The molecule has 1 aliphatic rings. The second-order valence-corrected chi connectivity index (χ2v) is 3.15. The summed E-state index contributed by atoms with van der Waals surface area (Å²) in [6, 6.07) is 0. The zero-order chi connectivity index (χ0) is 8.65. The van der Waals surface area contributed by atoms with Crippen LogP contribution in [0.2, 0.25) is 0 Å². The Kier molecular flexibility index (Phi) is 1.62. The van der Waals surface area contributed by atoms with Crippen LogP contribution < -0.4 is 0 Å². The standard InChI is InChI=1S/C7H10O4/c1-7(6(10)11)3-2-4(7)5(8)9/h4H,2-3H2,1H3,(H,8,9)(H,10,11). The largest absolute Gasteiger partial charge is 0.481 e. The molecule has 2 N–H and O–H groups in total. The van der Waals surface area contributed by atoms with E-state index in [1.165, 1.54) is 6.92 Å². The fraction of sp³-hybridized carbons (Fsp3) is 0.714. The van der Waals surface area contributed by atoms with Crippen LogP contribution >= 0.6 is 0 Å². The van der Waals surface area contributed by atoms with Crippen molar-refractivity contribution in [2.24, 2.45) is 11.3 Å². The van der Waals surface area contributed by atoms with Crippen LogP contribution in [0.1, 0.15) is 19.8 Å². The van der Waals surface area contributed by atoms with Gasteiger partial charge >= 0.3 is 11.9 Å². The summed E-state index contributed by atoms with van der Waals surface area (Å²) >= 11 is 0. The van der Waals surface area contributed by atoms with Crippen molar-refractivity contribution in [3.05, 3.63) is 0 Å². The fourth-order valence-electron chi connectivity index (χ4n) is 1.37. The zero-order valence-electron chi connectivity index (χ0n) is 6.20. The number of rotatable bonds is 2. The summed E-state index contributed by atoms with van der Waals surface area (Å²) in [4.78, 5) is 21.0. The summed E-state index contributed by atoms with van der Waals surface area (Å²) < 4.78 is 0. The molecular formula is C7H10O4. The number of carboxylic acid groups (broad SMARTS) is 2. The lowest BCUT2D eigenvalue weighted by atomic mass is 9.61. The molecule has 0 aromatic rings. The molecule has 62 valence electrons. The number of hydrogen-bond acceptors (Lipinski definition) is 2. The van der Waals surface area contributed by atoms with E-state index >= 15 is 0 Å². The minimum Gasteiger partial charge on any atom is -0.481 e. The fourth-order valence-corrected chi connectivity index (χ4v) is 1.37. The summed E-state index contributed by atoms with van der Waals surface area (Å²) in [5, 5.41) is 17.2. The monoisotopic (exact) mass is 158 g/mol.